The molecule has 0 saturated heterocycles. The number of thioether (sulfide) groups is 1. The maximum atomic E-state index is 11.9. The van der Waals surface area contributed by atoms with Crippen LogP contribution < -0.4 is 15.4 Å². The number of anilines is 1. The highest BCUT2D eigenvalue weighted by molar-refractivity contribution is 8.13. The number of amides is 2. The zero-order chi connectivity index (χ0) is 19.6. The number of amidine groups is 1. The molecule has 0 unspecified atom stereocenters. The molecule has 2 amide bonds. The Hall–Kier alpha value is -3.00. The predicted molar refractivity (Wildman–Crippen MR) is 108 cm³/mol. The highest BCUT2D eigenvalue weighted by Gasteiger charge is 2.11. The van der Waals surface area contributed by atoms with Gasteiger partial charge in [0.2, 0.25) is 5.91 Å². The zero-order valence-electron chi connectivity index (χ0n) is 15.3. The molecule has 0 spiro atoms. The van der Waals surface area contributed by atoms with Crippen molar-refractivity contribution in [3.63, 3.8) is 0 Å². The van der Waals surface area contributed by atoms with E-state index in [9.17, 15) is 9.59 Å². The number of carbonyl (C=O) groups excluding carboxylic acids is 2. The molecular weight excluding hydrogens is 366 g/mol. The molecule has 2 N–H and O–H groups in total. The Kier molecular flexibility index (Phi) is 7.69. The average molecular weight is 387 g/mol. The molecule has 0 fully saturated rings. The molecular formula is C19H21N3O4S. The monoisotopic (exact) mass is 387 g/mol. The first-order valence-electron chi connectivity index (χ1n) is 8.20. The number of carbonyl (C=O) groups is 2. The van der Waals surface area contributed by atoms with E-state index in [1.807, 2.05) is 30.3 Å². The van der Waals surface area contributed by atoms with E-state index in [1.165, 1.54) is 18.9 Å². The van der Waals surface area contributed by atoms with Crippen LogP contribution in [0.2, 0.25) is 0 Å². The first kappa shape index (κ1) is 20.3. The Balaban J connectivity index is 2.34. The summed E-state index contributed by atoms with van der Waals surface area (Å²) in [6, 6.07) is 14.5. The van der Waals surface area contributed by atoms with Crippen molar-refractivity contribution in [2.45, 2.75) is 13.3 Å². The van der Waals surface area contributed by atoms with Crippen LogP contribution in [0.3, 0.4) is 0 Å². The molecule has 0 radical (unpaired) electrons. The molecule has 0 atom stereocenters. The second-order valence-corrected chi connectivity index (χ2v) is 6.03. The summed E-state index contributed by atoms with van der Waals surface area (Å²) in [5.41, 5.74) is 0.964. The van der Waals surface area contributed by atoms with Crippen molar-refractivity contribution in [1.82, 2.24) is 5.32 Å². The summed E-state index contributed by atoms with van der Waals surface area (Å²) in [7, 11) is 1.27. The standard InChI is InChI=1S/C19H21N3O4S/c1-4-17(23)20-16-12-14(26-13-8-6-5-7-9-13)10-11-15(16)21-18(27-3)22-19(24)25-2/h5-12H,4H2,1-3H3,(H,20,23)(H,21,22,24). The molecule has 2 aromatic carbocycles. The second-order valence-electron chi connectivity index (χ2n) is 5.23. The highest BCUT2D eigenvalue weighted by Crippen LogP contribution is 2.32. The number of nitrogens with zero attached hydrogens (tertiary/aromatic N) is 1. The van der Waals surface area contributed by atoms with Gasteiger partial charge < -0.3 is 14.8 Å². The summed E-state index contributed by atoms with van der Waals surface area (Å²) in [4.78, 5) is 27.7. The van der Waals surface area contributed by atoms with Crippen molar-refractivity contribution >= 4 is 40.3 Å². The number of hydrogen-bond donors (Lipinski definition) is 2. The third-order valence-corrected chi connectivity index (χ3v) is 3.93. The molecule has 0 aromatic heterocycles. The van der Waals surface area contributed by atoms with E-state index in [2.05, 4.69) is 20.4 Å². The van der Waals surface area contributed by atoms with Gasteiger partial charge in [0.15, 0.2) is 5.17 Å². The molecule has 0 bridgehead atoms. The average Bonchev–Trinajstić information content (AvgIpc) is 2.69. The minimum Gasteiger partial charge on any atom is -0.457 e. The number of para-hydroxylation sites is 1. The van der Waals surface area contributed by atoms with Crippen LogP contribution in [0.15, 0.2) is 53.5 Å². The van der Waals surface area contributed by atoms with E-state index >= 15 is 0 Å². The number of benzene rings is 2. The van der Waals surface area contributed by atoms with Gasteiger partial charge in [-0.25, -0.2) is 9.79 Å². The van der Waals surface area contributed by atoms with Crippen LogP contribution in [0.25, 0.3) is 0 Å². The van der Waals surface area contributed by atoms with Crippen LogP contribution in [-0.2, 0) is 9.53 Å². The van der Waals surface area contributed by atoms with Gasteiger partial charge in [0.25, 0.3) is 0 Å². The molecule has 7 nitrogen and oxygen atoms in total. The maximum Gasteiger partial charge on any atom is 0.412 e. The number of ether oxygens (including phenoxy) is 2. The number of hydrogen-bond acceptors (Lipinski definition) is 6. The molecule has 2 rings (SSSR count). The Morgan fingerprint density at radius 2 is 1.85 bits per heavy atom. The van der Waals surface area contributed by atoms with Crippen molar-refractivity contribution in [3.8, 4) is 11.5 Å². The number of methoxy groups -OCH3 is 1. The van der Waals surface area contributed by atoms with Gasteiger partial charge in [-0.05, 0) is 30.5 Å². The number of alkyl carbamates (subject to hydrolysis) is 1. The molecule has 2 aromatic rings. The lowest BCUT2D eigenvalue weighted by Gasteiger charge is -2.12. The van der Waals surface area contributed by atoms with E-state index in [-0.39, 0.29) is 5.91 Å². The Bertz CT molecular complexity index is 825. The predicted octanol–water partition coefficient (Wildman–Crippen LogP) is 4.53. The number of rotatable bonds is 5. The van der Waals surface area contributed by atoms with Gasteiger partial charge in [0, 0.05) is 12.5 Å². The molecule has 0 aliphatic heterocycles. The van der Waals surface area contributed by atoms with Crippen LogP contribution in [0.4, 0.5) is 16.2 Å². The molecule has 8 heteroatoms. The molecule has 27 heavy (non-hydrogen) atoms. The van der Waals surface area contributed by atoms with Crippen molar-refractivity contribution in [1.29, 1.82) is 0 Å². The third kappa shape index (κ3) is 6.34. The number of aliphatic imine (C=N–C) groups is 1. The van der Waals surface area contributed by atoms with E-state index in [0.29, 0.717) is 34.5 Å². The lowest BCUT2D eigenvalue weighted by molar-refractivity contribution is -0.115. The van der Waals surface area contributed by atoms with Gasteiger partial charge in [-0.3, -0.25) is 10.1 Å². The van der Waals surface area contributed by atoms with Crippen molar-refractivity contribution < 1.29 is 19.1 Å². The molecule has 0 saturated carbocycles. The van der Waals surface area contributed by atoms with Crippen LogP contribution in [-0.4, -0.2) is 30.5 Å². The van der Waals surface area contributed by atoms with Gasteiger partial charge in [0.05, 0.1) is 18.5 Å². The second kappa shape index (κ2) is 10.2. The largest absolute Gasteiger partial charge is 0.457 e. The third-order valence-electron chi connectivity index (χ3n) is 3.35. The van der Waals surface area contributed by atoms with E-state index in [1.54, 1.807) is 31.4 Å². The maximum absolute atomic E-state index is 11.9. The molecule has 0 heterocycles. The van der Waals surface area contributed by atoms with Gasteiger partial charge >= 0.3 is 6.09 Å². The van der Waals surface area contributed by atoms with Crippen molar-refractivity contribution in [2.75, 3.05) is 18.7 Å². The van der Waals surface area contributed by atoms with Crippen LogP contribution in [0.5, 0.6) is 11.5 Å². The summed E-state index contributed by atoms with van der Waals surface area (Å²) in [5, 5.41) is 5.66. The van der Waals surface area contributed by atoms with Crippen LogP contribution in [0, 0.1) is 0 Å². The zero-order valence-corrected chi connectivity index (χ0v) is 16.1. The van der Waals surface area contributed by atoms with Gasteiger partial charge in [-0.15, -0.1) is 0 Å². The van der Waals surface area contributed by atoms with Gasteiger partial charge in [-0.2, -0.15) is 0 Å². The fraction of sp³-hybridized carbons (Fsp3) is 0.211. The fourth-order valence-electron chi connectivity index (χ4n) is 2.01. The van der Waals surface area contributed by atoms with Crippen LogP contribution >= 0.6 is 11.8 Å². The quantitative estimate of drug-likeness (QED) is 0.581. The van der Waals surface area contributed by atoms with Gasteiger partial charge in [0.1, 0.15) is 11.5 Å². The normalized spacial score (nSPS) is 10.9. The highest BCUT2D eigenvalue weighted by atomic mass is 32.2. The lowest BCUT2D eigenvalue weighted by atomic mass is 10.2. The number of nitrogens with one attached hydrogen (secondary N) is 2. The van der Waals surface area contributed by atoms with Gasteiger partial charge in [-0.1, -0.05) is 36.9 Å². The topological polar surface area (TPSA) is 89.0 Å². The molecule has 0 aliphatic rings. The SMILES string of the molecule is CCC(=O)Nc1cc(Oc2ccccc2)ccc1N=C(NC(=O)OC)SC. The van der Waals surface area contributed by atoms with E-state index in [4.69, 9.17) is 4.74 Å². The Labute approximate surface area is 162 Å². The summed E-state index contributed by atoms with van der Waals surface area (Å²) >= 11 is 1.24. The van der Waals surface area contributed by atoms with E-state index < -0.39 is 6.09 Å². The summed E-state index contributed by atoms with van der Waals surface area (Å²) in [6.07, 6.45) is 1.47. The Morgan fingerprint density at radius 1 is 1.11 bits per heavy atom. The summed E-state index contributed by atoms with van der Waals surface area (Å²) < 4.78 is 10.4. The Morgan fingerprint density at radius 3 is 2.48 bits per heavy atom. The molecule has 142 valence electrons. The minimum atomic E-state index is -0.619. The summed E-state index contributed by atoms with van der Waals surface area (Å²) in [5.74, 6) is 1.08. The summed E-state index contributed by atoms with van der Waals surface area (Å²) in [6.45, 7) is 1.76. The van der Waals surface area contributed by atoms with E-state index in [0.717, 1.165) is 0 Å². The van der Waals surface area contributed by atoms with Crippen molar-refractivity contribution in [3.05, 3.63) is 48.5 Å². The smallest absolute Gasteiger partial charge is 0.412 e. The van der Waals surface area contributed by atoms with Crippen LogP contribution in [0.1, 0.15) is 13.3 Å². The first-order chi connectivity index (χ1) is 13.0. The lowest BCUT2D eigenvalue weighted by Crippen LogP contribution is -2.27. The fourth-order valence-corrected chi connectivity index (χ4v) is 2.39. The minimum absolute atomic E-state index is 0.157. The molecule has 0 aliphatic carbocycles. The first-order valence-corrected chi connectivity index (χ1v) is 9.42. The van der Waals surface area contributed by atoms with Crippen molar-refractivity contribution in [2.24, 2.45) is 4.99 Å².